The van der Waals surface area contributed by atoms with Gasteiger partial charge >= 0.3 is 0 Å². The summed E-state index contributed by atoms with van der Waals surface area (Å²) in [5.74, 6) is 2.51. The van der Waals surface area contributed by atoms with E-state index >= 15 is 0 Å². The molecule has 32 heavy (non-hydrogen) atoms. The molecule has 1 amide bonds. The second-order valence-corrected chi connectivity index (χ2v) is 7.39. The minimum atomic E-state index is -0.250. The highest BCUT2D eigenvalue weighted by Gasteiger charge is 2.16. The molecule has 0 aliphatic heterocycles. The lowest BCUT2D eigenvalue weighted by atomic mass is 10.2. The summed E-state index contributed by atoms with van der Waals surface area (Å²) in [6, 6.07) is 13.0. The van der Waals surface area contributed by atoms with Crippen LogP contribution in [0.2, 0.25) is 0 Å². The zero-order chi connectivity index (χ0) is 22.9. The van der Waals surface area contributed by atoms with E-state index in [2.05, 4.69) is 20.7 Å². The van der Waals surface area contributed by atoms with Crippen molar-refractivity contribution in [1.29, 1.82) is 0 Å². The number of benzene rings is 2. The van der Waals surface area contributed by atoms with Gasteiger partial charge in [-0.2, -0.15) is 5.10 Å². The van der Waals surface area contributed by atoms with Gasteiger partial charge in [-0.05, 0) is 37.3 Å². The number of para-hydroxylation sites is 1. The Morgan fingerprint density at radius 1 is 1.06 bits per heavy atom. The third-order valence-electron chi connectivity index (χ3n) is 4.54. The van der Waals surface area contributed by atoms with Crippen molar-refractivity contribution in [1.82, 2.24) is 20.2 Å². The number of hydrogen-bond donors (Lipinski definition) is 1. The lowest BCUT2D eigenvalue weighted by Crippen LogP contribution is -2.20. The van der Waals surface area contributed by atoms with Crippen LogP contribution in [0.5, 0.6) is 17.2 Å². The maximum atomic E-state index is 12.2. The minimum absolute atomic E-state index is 0.146. The fraction of sp³-hybridized carbons (Fsp3) is 0.273. The number of ether oxygens (including phenoxy) is 3. The first-order valence-corrected chi connectivity index (χ1v) is 10.8. The number of hydrogen-bond acceptors (Lipinski definition) is 8. The van der Waals surface area contributed by atoms with Crippen molar-refractivity contribution >= 4 is 23.9 Å². The molecule has 10 heteroatoms. The number of methoxy groups -OCH3 is 3. The molecule has 3 rings (SSSR count). The molecular formula is C22H25N5O4S. The van der Waals surface area contributed by atoms with Crippen molar-refractivity contribution in [2.45, 2.75) is 18.6 Å². The lowest BCUT2D eigenvalue weighted by molar-refractivity contribution is -0.118. The van der Waals surface area contributed by atoms with Gasteiger partial charge in [0.25, 0.3) is 5.91 Å². The largest absolute Gasteiger partial charge is 0.496 e. The average Bonchev–Trinajstić information content (AvgIpc) is 3.25. The summed E-state index contributed by atoms with van der Waals surface area (Å²) in [4.78, 5) is 12.2. The number of amides is 1. The van der Waals surface area contributed by atoms with E-state index in [1.54, 1.807) is 27.5 Å². The molecule has 0 radical (unpaired) electrons. The van der Waals surface area contributed by atoms with E-state index in [0.717, 1.165) is 11.1 Å². The first kappa shape index (κ1) is 23.1. The van der Waals surface area contributed by atoms with Gasteiger partial charge in [-0.1, -0.05) is 23.9 Å². The zero-order valence-electron chi connectivity index (χ0n) is 18.4. The van der Waals surface area contributed by atoms with Gasteiger partial charge < -0.3 is 18.8 Å². The predicted molar refractivity (Wildman–Crippen MR) is 124 cm³/mol. The molecule has 2 aromatic carbocycles. The monoisotopic (exact) mass is 455 g/mol. The van der Waals surface area contributed by atoms with Crippen LogP contribution in [0.15, 0.2) is 52.7 Å². The Morgan fingerprint density at radius 3 is 2.53 bits per heavy atom. The molecule has 0 atom stereocenters. The highest BCUT2D eigenvalue weighted by Crippen LogP contribution is 2.32. The van der Waals surface area contributed by atoms with E-state index in [-0.39, 0.29) is 11.7 Å². The molecule has 0 unspecified atom stereocenters. The van der Waals surface area contributed by atoms with Crippen LogP contribution in [0.3, 0.4) is 0 Å². The average molecular weight is 456 g/mol. The molecule has 0 aliphatic rings. The lowest BCUT2D eigenvalue weighted by Gasteiger charge is -2.10. The molecular weight excluding hydrogens is 430 g/mol. The second kappa shape index (κ2) is 11.2. The van der Waals surface area contributed by atoms with Gasteiger partial charge in [-0.15, -0.1) is 10.2 Å². The molecule has 1 N–H and O–H groups in total. The summed E-state index contributed by atoms with van der Waals surface area (Å²) in [7, 11) is 4.76. The Balaban J connectivity index is 1.65. The van der Waals surface area contributed by atoms with Crippen LogP contribution in [-0.4, -0.2) is 54.0 Å². The van der Waals surface area contributed by atoms with Gasteiger partial charge in [0.2, 0.25) is 0 Å². The van der Waals surface area contributed by atoms with Gasteiger partial charge in [0, 0.05) is 17.7 Å². The number of thioether (sulfide) groups is 1. The number of carbonyl (C=O) groups excluding carboxylic acids is 1. The van der Waals surface area contributed by atoms with E-state index in [1.165, 1.54) is 11.8 Å². The van der Waals surface area contributed by atoms with Crippen LogP contribution in [0.4, 0.5) is 0 Å². The van der Waals surface area contributed by atoms with Crippen molar-refractivity contribution < 1.29 is 19.0 Å². The van der Waals surface area contributed by atoms with Gasteiger partial charge in [-0.25, -0.2) is 5.43 Å². The van der Waals surface area contributed by atoms with Gasteiger partial charge in [-0.3, -0.25) is 4.79 Å². The van der Waals surface area contributed by atoms with Gasteiger partial charge in [0.05, 0.1) is 33.3 Å². The van der Waals surface area contributed by atoms with E-state index in [9.17, 15) is 4.79 Å². The Hall–Kier alpha value is -3.53. The summed E-state index contributed by atoms with van der Waals surface area (Å²) >= 11 is 1.29. The smallest absolute Gasteiger partial charge is 0.250 e. The molecule has 9 nitrogen and oxygen atoms in total. The minimum Gasteiger partial charge on any atom is -0.496 e. The predicted octanol–water partition coefficient (Wildman–Crippen LogP) is 3.23. The molecule has 0 spiro atoms. The molecule has 3 aromatic rings. The van der Waals surface area contributed by atoms with Crippen molar-refractivity contribution in [3.8, 4) is 28.6 Å². The van der Waals surface area contributed by atoms with Crippen molar-refractivity contribution in [2.24, 2.45) is 5.10 Å². The molecule has 1 aromatic heterocycles. The number of nitrogens with zero attached hydrogens (tertiary/aromatic N) is 4. The quantitative estimate of drug-likeness (QED) is 0.285. The Labute approximate surface area is 190 Å². The number of carbonyl (C=O) groups is 1. The second-order valence-electron chi connectivity index (χ2n) is 6.44. The molecule has 168 valence electrons. The maximum absolute atomic E-state index is 12.2. The number of aromatic nitrogens is 3. The Kier molecular flexibility index (Phi) is 8.09. The van der Waals surface area contributed by atoms with Crippen molar-refractivity contribution in [3.63, 3.8) is 0 Å². The highest BCUT2D eigenvalue weighted by molar-refractivity contribution is 7.99. The highest BCUT2D eigenvalue weighted by atomic mass is 32.2. The third kappa shape index (κ3) is 5.38. The van der Waals surface area contributed by atoms with Gasteiger partial charge in [0.1, 0.15) is 5.75 Å². The summed E-state index contributed by atoms with van der Waals surface area (Å²) in [6.07, 6.45) is 1.55. The SMILES string of the molecule is CCn1c(SCC(=O)NN=Cc2ccccc2OC)nnc1-c1ccc(OC)c(OC)c1. The van der Waals surface area contributed by atoms with Crippen LogP contribution in [0.25, 0.3) is 11.4 Å². The third-order valence-corrected chi connectivity index (χ3v) is 5.51. The maximum Gasteiger partial charge on any atom is 0.250 e. The van der Waals surface area contributed by atoms with Crippen molar-refractivity contribution in [2.75, 3.05) is 27.1 Å². The van der Waals surface area contributed by atoms with E-state index in [0.29, 0.717) is 34.8 Å². The molecule has 1 heterocycles. The molecule has 0 saturated heterocycles. The first-order valence-electron chi connectivity index (χ1n) is 9.84. The van der Waals surface area contributed by atoms with Crippen LogP contribution >= 0.6 is 11.8 Å². The fourth-order valence-corrected chi connectivity index (χ4v) is 3.77. The van der Waals surface area contributed by atoms with Crippen LogP contribution in [0.1, 0.15) is 12.5 Å². The summed E-state index contributed by atoms with van der Waals surface area (Å²) in [5.41, 5.74) is 4.14. The topological polar surface area (TPSA) is 99.9 Å². The number of rotatable bonds is 10. The van der Waals surface area contributed by atoms with E-state index < -0.39 is 0 Å². The molecule has 0 aliphatic carbocycles. The van der Waals surface area contributed by atoms with Crippen LogP contribution in [-0.2, 0) is 11.3 Å². The summed E-state index contributed by atoms with van der Waals surface area (Å²) in [6.45, 7) is 2.64. The van der Waals surface area contributed by atoms with E-state index in [1.807, 2.05) is 54.0 Å². The van der Waals surface area contributed by atoms with Gasteiger partial charge in [0.15, 0.2) is 22.5 Å². The summed E-state index contributed by atoms with van der Waals surface area (Å²) < 4.78 is 17.9. The number of nitrogens with one attached hydrogen (secondary N) is 1. The first-order chi connectivity index (χ1) is 15.6. The molecule has 0 saturated carbocycles. The Bertz CT molecular complexity index is 1100. The number of hydrazone groups is 1. The fourth-order valence-electron chi connectivity index (χ4n) is 2.98. The Morgan fingerprint density at radius 2 is 1.81 bits per heavy atom. The summed E-state index contributed by atoms with van der Waals surface area (Å²) in [5, 5.41) is 13.2. The molecule has 0 bridgehead atoms. The zero-order valence-corrected chi connectivity index (χ0v) is 19.2. The van der Waals surface area contributed by atoms with E-state index in [4.69, 9.17) is 14.2 Å². The molecule has 0 fully saturated rings. The van der Waals surface area contributed by atoms with Crippen molar-refractivity contribution in [3.05, 3.63) is 48.0 Å². The normalized spacial score (nSPS) is 10.9. The van der Waals surface area contributed by atoms with Crippen LogP contribution < -0.4 is 19.6 Å². The standard InChI is InChI=1S/C22H25N5O4S/c1-5-27-21(15-10-11-18(30-3)19(12-15)31-4)25-26-22(27)32-14-20(28)24-23-13-16-8-6-7-9-17(16)29-2/h6-13H,5,14H2,1-4H3,(H,24,28). The van der Waals surface area contributed by atoms with Crippen LogP contribution in [0, 0.1) is 0 Å².